The second-order valence-corrected chi connectivity index (χ2v) is 6.66. The molecule has 2 rings (SSSR count). The van der Waals surface area contributed by atoms with Gasteiger partial charge in [0.1, 0.15) is 5.75 Å². The normalized spacial score (nSPS) is 15.2. The van der Waals surface area contributed by atoms with Crippen LogP contribution >= 0.6 is 39.9 Å². The van der Waals surface area contributed by atoms with Gasteiger partial charge in [-0.25, -0.2) is 0 Å². The number of halogens is 3. The number of ether oxygens (including phenoxy) is 2. The highest BCUT2D eigenvalue weighted by Crippen LogP contribution is 2.27. The summed E-state index contributed by atoms with van der Waals surface area (Å²) in [5.41, 5.74) is 0. The van der Waals surface area contributed by atoms with Gasteiger partial charge in [0, 0.05) is 30.7 Å². The van der Waals surface area contributed by atoms with Crippen molar-refractivity contribution in [2.24, 2.45) is 0 Å². The summed E-state index contributed by atoms with van der Waals surface area (Å²) in [4.78, 5) is 2.44. The molecule has 0 atom stereocenters. The summed E-state index contributed by atoms with van der Waals surface area (Å²) >= 11 is 9.49. The predicted molar refractivity (Wildman–Crippen MR) is 101 cm³/mol. The average Bonchev–Trinajstić information content (AvgIpc) is 2.52. The monoisotopic (exact) mass is 426 g/mol. The van der Waals surface area contributed by atoms with E-state index in [0.717, 1.165) is 69.0 Å². The lowest BCUT2D eigenvalue weighted by Crippen LogP contribution is -2.40. The van der Waals surface area contributed by atoms with Gasteiger partial charge in [-0.2, -0.15) is 0 Å². The Kier molecular flexibility index (Phi) is 11.3. The van der Waals surface area contributed by atoms with Crippen LogP contribution in [-0.2, 0) is 4.74 Å². The van der Waals surface area contributed by atoms with E-state index >= 15 is 0 Å². The Morgan fingerprint density at radius 1 is 1.22 bits per heavy atom. The zero-order valence-electron chi connectivity index (χ0n) is 13.2. The predicted octanol–water partition coefficient (Wildman–Crippen LogP) is 3.61. The second kappa shape index (κ2) is 12.3. The molecule has 1 aromatic rings. The van der Waals surface area contributed by atoms with Gasteiger partial charge in [0.2, 0.25) is 0 Å². The Morgan fingerprint density at radius 2 is 2.00 bits per heavy atom. The van der Waals surface area contributed by atoms with Gasteiger partial charge in [-0.3, -0.25) is 4.90 Å². The van der Waals surface area contributed by atoms with Crippen LogP contribution in [0.4, 0.5) is 0 Å². The third-order valence-electron chi connectivity index (χ3n) is 3.61. The first-order chi connectivity index (χ1) is 10.8. The van der Waals surface area contributed by atoms with Crippen LogP contribution in [0, 0.1) is 0 Å². The maximum Gasteiger partial charge on any atom is 0.137 e. The number of benzene rings is 1. The zero-order valence-corrected chi connectivity index (χ0v) is 16.4. The minimum Gasteiger partial charge on any atom is -0.492 e. The second-order valence-electron chi connectivity index (χ2n) is 5.33. The number of hydrogen-bond donors (Lipinski definition) is 1. The van der Waals surface area contributed by atoms with E-state index in [1.807, 2.05) is 18.2 Å². The molecule has 0 unspecified atom stereocenters. The summed E-state index contributed by atoms with van der Waals surface area (Å²) in [6.07, 6.45) is 2.13. The van der Waals surface area contributed by atoms with Gasteiger partial charge in [0.05, 0.1) is 24.8 Å². The van der Waals surface area contributed by atoms with Crippen molar-refractivity contribution in [3.63, 3.8) is 0 Å². The lowest BCUT2D eigenvalue weighted by atomic mass is 10.3. The lowest BCUT2D eigenvalue weighted by molar-refractivity contribution is 0.0384. The Hall–Kier alpha value is -0.0400. The molecule has 0 bridgehead atoms. The van der Waals surface area contributed by atoms with Crippen molar-refractivity contribution >= 4 is 39.9 Å². The number of nitrogens with zero attached hydrogens (tertiary/aromatic N) is 1. The number of unbranched alkanes of at least 4 members (excludes halogenated alkanes) is 1. The highest BCUT2D eigenvalue weighted by molar-refractivity contribution is 9.10. The molecule has 0 spiro atoms. The average molecular weight is 428 g/mol. The van der Waals surface area contributed by atoms with E-state index in [4.69, 9.17) is 21.1 Å². The highest BCUT2D eigenvalue weighted by Gasteiger charge is 2.08. The minimum atomic E-state index is 0. The van der Waals surface area contributed by atoms with Crippen molar-refractivity contribution in [2.45, 2.75) is 12.8 Å². The van der Waals surface area contributed by atoms with Crippen LogP contribution in [0.15, 0.2) is 22.7 Å². The maximum absolute atomic E-state index is 6.10. The molecule has 1 aliphatic rings. The molecule has 132 valence electrons. The smallest absolute Gasteiger partial charge is 0.137 e. The van der Waals surface area contributed by atoms with E-state index in [9.17, 15) is 0 Å². The molecule has 1 aromatic carbocycles. The van der Waals surface area contributed by atoms with E-state index in [1.54, 1.807) is 0 Å². The lowest BCUT2D eigenvalue weighted by Gasteiger charge is -2.26. The van der Waals surface area contributed by atoms with Crippen LogP contribution in [0.3, 0.4) is 0 Å². The van der Waals surface area contributed by atoms with Gasteiger partial charge >= 0.3 is 0 Å². The molecule has 0 saturated carbocycles. The third-order valence-corrected chi connectivity index (χ3v) is 4.40. The van der Waals surface area contributed by atoms with Gasteiger partial charge in [-0.15, -0.1) is 12.4 Å². The molecular formula is C16H25BrCl2N2O2. The summed E-state index contributed by atoms with van der Waals surface area (Å²) in [7, 11) is 0. The summed E-state index contributed by atoms with van der Waals surface area (Å²) in [5, 5.41) is 4.13. The summed E-state index contributed by atoms with van der Waals surface area (Å²) in [5.74, 6) is 0.755. The third kappa shape index (κ3) is 8.57. The van der Waals surface area contributed by atoms with Gasteiger partial charge in [-0.1, -0.05) is 27.5 Å². The molecule has 1 aliphatic heterocycles. The van der Waals surface area contributed by atoms with Crippen LogP contribution in [0.25, 0.3) is 0 Å². The fraction of sp³-hybridized carbons (Fsp3) is 0.625. The van der Waals surface area contributed by atoms with Crippen molar-refractivity contribution in [3.8, 4) is 5.75 Å². The minimum absolute atomic E-state index is 0. The van der Waals surface area contributed by atoms with Crippen LogP contribution in [0.1, 0.15) is 12.8 Å². The van der Waals surface area contributed by atoms with Gasteiger partial charge in [-0.05, 0) is 37.6 Å². The summed E-state index contributed by atoms with van der Waals surface area (Å²) in [6, 6.07) is 5.69. The van der Waals surface area contributed by atoms with E-state index < -0.39 is 0 Å². The first kappa shape index (κ1) is 21.0. The van der Waals surface area contributed by atoms with E-state index in [0.29, 0.717) is 11.6 Å². The fourth-order valence-electron chi connectivity index (χ4n) is 2.31. The Bertz CT molecular complexity index is 446. The topological polar surface area (TPSA) is 33.7 Å². The summed E-state index contributed by atoms with van der Waals surface area (Å²) < 4.78 is 12.0. The van der Waals surface area contributed by atoms with Crippen molar-refractivity contribution in [1.82, 2.24) is 10.2 Å². The Morgan fingerprint density at radius 3 is 2.74 bits per heavy atom. The maximum atomic E-state index is 6.10. The van der Waals surface area contributed by atoms with E-state index in [-0.39, 0.29) is 12.4 Å². The molecule has 1 fully saturated rings. The number of rotatable bonds is 9. The molecule has 23 heavy (non-hydrogen) atoms. The SMILES string of the molecule is Cl.Clc1cc(Br)ccc1OCCCCNCCN1CCOCC1. The van der Waals surface area contributed by atoms with E-state index in [1.165, 1.54) is 0 Å². The molecule has 1 heterocycles. The molecule has 0 radical (unpaired) electrons. The first-order valence-electron chi connectivity index (χ1n) is 7.84. The van der Waals surface area contributed by atoms with Crippen LogP contribution in [0.2, 0.25) is 5.02 Å². The standard InChI is InChI=1S/C16H24BrClN2O2.ClH/c17-14-3-4-16(15(18)13-14)22-10-2-1-5-19-6-7-20-8-11-21-12-9-20;/h3-4,13,19H,1-2,5-12H2;1H. The number of nitrogens with one attached hydrogen (secondary N) is 1. The fourth-order valence-corrected chi connectivity index (χ4v) is 3.04. The highest BCUT2D eigenvalue weighted by atomic mass is 79.9. The van der Waals surface area contributed by atoms with Crippen molar-refractivity contribution < 1.29 is 9.47 Å². The van der Waals surface area contributed by atoms with Crippen LogP contribution < -0.4 is 10.1 Å². The molecule has 0 amide bonds. The largest absolute Gasteiger partial charge is 0.492 e. The molecular weight excluding hydrogens is 403 g/mol. The Labute approximate surface area is 158 Å². The van der Waals surface area contributed by atoms with E-state index in [2.05, 4.69) is 26.1 Å². The van der Waals surface area contributed by atoms with Crippen molar-refractivity contribution in [3.05, 3.63) is 27.7 Å². The van der Waals surface area contributed by atoms with Crippen molar-refractivity contribution in [2.75, 3.05) is 52.5 Å². The van der Waals surface area contributed by atoms with Gasteiger partial charge < -0.3 is 14.8 Å². The van der Waals surface area contributed by atoms with Gasteiger partial charge in [0.15, 0.2) is 0 Å². The summed E-state index contributed by atoms with van der Waals surface area (Å²) in [6.45, 7) is 7.74. The van der Waals surface area contributed by atoms with Crippen LogP contribution in [0.5, 0.6) is 5.75 Å². The zero-order chi connectivity index (χ0) is 15.6. The number of morpholine rings is 1. The molecule has 0 aliphatic carbocycles. The number of hydrogen-bond acceptors (Lipinski definition) is 4. The molecule has 0 aromatic heterocycles. The van der Waals surface area contributed by atoms with Crippen molar-refractivity contribution in [1.29, 1.82) is 0 Å². The van der Waals surface area contributed by atoms with Gasteiger partial charge in [0.25, 0.3) is 0 Å². The molecule has 1 N–H and O–H groups in total. The molecule has 4 nitrogen and oxygen atoms in total. The Balaban J connectivity index is 0.00000264. The first-order valence-corrected chi connectivity index (χ1v) is 9.01. The quantitative estimate of drug-likeness (QED) is 0.610. The van der Waals surface area contributed by atoms with Crippen LogP contribution in [-0.4, -0.2) is 57.4 Å². The molecule has 1 saturated heterocycles. The molecule has 7 heteroatoms.